The van der Waals surface area contributed by atoms with Crippen molar-refractivity contribution in [3.05, 3.63) is 58.7 Å². The number of hydrogen-bond donors (Lipinski definition) is 0. The van der Waals surface area contributed by atoms with Gasteiger partial charge in [-0.1, -0.05) is 11.8 Å². The van der Waals surface area contributed by atoms with Crippen LogP contribution in [-0.4, -0.2) is 13.2 Å². The van der Waals surface area contributed by atoms with E-state index in [0.29, 0.717) is 11.1 Å². The van der Waals surface area contributed by atoms with Crippen molar-refractivity contribution < 1.29 is 27.0 Å². The number of ether oxygens (including phenoxy) is 2. The van der Waals surface area contributed by atoms with Crippen LogP contribution in [0.4, 0.5) is 17.6 Å². The Bertz CT molecular complexity index is 848. The minimum atomic E-state index is -2.86. The van der Waals surface area contributed by atoms with Crippen LogP contribution in [-0.2, 0) is 0 Å². The fourth-order valence-electron chi connectivity index (χ4n) is 3.23. The van der Waals surface area contributed by atoms with Crippen molar-refractivity contribution in [3.8, 4) is 23.3 Å². The van der Waals surface area contributed by atoms with E-state index in [1.165, 1.54) is 12.1 Å². The van der Waals surface area contributed by atoms with Gasteiger partial charge in [0.25, 0.3) is 0 Å². The first kappa shape index (κ1) is 18.7. The summed E-state index contributed by atoms with van der Waals surface area (Å²) in [4.78, 5) is 0. The molecule has 146 valence electrons. The zero-order valence-electron chi connectivity index (χ0n) is 14.9. The van der Waals surface area contributed by atoms with Crippen LogP contribution in [0.5, 0.6) is 11.5 Å². The molecule has 0 saturated heterocycles. The number of alkyl halides is 4. The molecular formula is C22H18F4O2. The highest BCUT2D eigenvalue weighted by molar-refractivity contribution is 5.52. The van der Waals surface area contributed by atoms with E-state index in [1.807, 2.05) is 0 Å². The van der Waals surface area contributed by atoms with Gasteiger partial charge in [-0.15, -0.1) is 0 Å². The Balaban J connectivity index is 1.58. The summed E-state index contributed by atoms with van der Waals surface area (Å²) in [6, 6.07) is 9.92. The third-order valence-corrected chi connectivity index (χ3v) is 4.84. The Kier molecular flexibility index (Phi) is 5.17. The maximum Gasteiger partial charge on any atom is 0.387 e. The van der Waals surface area contributed by atoms with E-state index < -0.39 is 13.2 Å². The highest BCUT2D eigenvalue weighted by Crippen LogP contribution is 2.46. The van der Waals surface area contributed by atoms with Gasteiger partial charge in [-0.3, -0.25) is 0 Å². The summed E-state index contributed by atoms with van der Waals surface area (Å²) in [6.07, 6.45) is 3.80. The molecule has 0 N–H and O–H groups in total. The van der Waals surface area contributed by atoms with Crippen molar-refractivity contribution in [2.45, 2.75) is 50.7 Å². The van der Waals surface area contributed by atoms with Crippen molar-refractivity contribution in [2.75, 3.05) is 0 Å². The molecule has 0 amide bonds. The van der Waals surface area contributed by atoms with E-state index in [1.54, 1.807) is 24.3 Å². The van der Waals surface area contributed by atoms with Crippen LogP contribution in [0.25, 0.3) is 0 Å². The molecular weight excluding hydrogens is 372 g/mol. The van der Waals surface area contributed by atoms with Crippen LogP contribution in [0.2, 0.25) is 0 Å². The van der Waals surface area contributed by atoms with Crippen LogP contribution in [0.3, 0.4) is 0 Å². The largest absolute Gasteiger partial charge is 0.435 e. The molecule has 2 aromatic carbocycles. The summed E-state index contributed by atoms with van der Waals surface area (Å²) in [7, 11) is 0. The lowest BCUT2D eigenvalue weighted by atomic mass is 10.0. The monoisotopic (exact) mass is 390 g/mol. The first-order valence-corrected chi connectivity index (χ1v) is 9.19. The Labute approximate surface area is 160 Å². The summed E-state index contributed by atoms with van der Waals surface area (Å²) in [6.45, 7) is -5.71. The van der Waals surface area contributed by atoms with Crippen LogP contribution in [0, 0.1) is 11.8 Å². The maximum absolute atomic E-state index is 12.6. The molecule has 0 atom stereocenters. The Hall–Kier alpha value is -2.68. The molecule has 0 bridgehead atoms. The van der Waals surface area contributed by atoms with Gasteiger partial charge < -0.3 is 9.47 Å². The van der Waals surface area contributed by atoms with Crippen molar-refractivity contribution in [3.63, 3.8) is 0 Å². The lowest BCUT2D eigenvalue weighted by Gasteiger charge is -2.11. The average molecular weight is 390 g/mol. The Morgan fingerprint density at radius 1 is 0.679 bits per heavy atom. The second-order valence-corrected chi connectivity index (χ2v) is 7.06. The minimum absolute atomic E-state index is 0.201. The van der Waals surface area contributed by atoms with Crippen LogP contribution < -0.4 is 9.47 Å². The van der Waals surface area contributed by atoms with Crippen molar-refractivity contribution in [1.29, 1.82) is 0 Å². The van der Waals surface area contributed by atoms with E-state index in [4.69, 9.17) is 0 Å². The zero-order chi connectivity index (χ0) is 19.7. The topological polar surface area (TPSA) is 18.5 Å². The standard InChI is InChI=1S/C22H18F4O2/c23-21(24)27-19-9-3-13(11-17(19)15-5-6-15)1-2-14-4-10-20(28-22(25)26)18(12-14)16-7-8-16/h3-4,9-12,15-16,21-22H,5-8H2. The molecule has 0 aromatic heterocycles. The summed E-state index contributed by atoms with van der Waals surface area (Å²) in [5, 5.41) is 0. The molecule has 28 heavy (non-hydrogen) atoms. The highest BCUT2D eigenvalue weighted by Gasteiger charge is 2.29. The molecule has 4 rings (SSSR count). The molecule has 2 aliphatic rings. The Morgan fingerprint density at radius 3 is 1.39 bits per heavy atom. The Morgan fingerprint density at radius 2 is 1.07 bits per heavy atom. The van der Waals surface area contributed by atoms with Crippen LogP contribution in [0.15, 0.2) is 36.4 Å². The van der Waals surface area contributed by atoms with E-state index in [-0.39, 0.29) is 23.3 Å². The van der Waals surface area contributed by atoms with Gasteiger partial charge in [-0.05, 0) is 85.0 Å². The fraction of sp³-hybridized carbons (Fsp3) is 0.364. The van der Waals surface area contributed by atoms with E-state index >= 15 is 0 Å². The molecule has 0 heterocycles. The predicted octanol–water partition coefficient (Wildman–Crippen LogP) is 6.04. The summed E-state index contributed by atoms with van der Waals surface area (Å²) in [5.74, 6) is 6.94. The van der Waals surface area contributed by atoms with E-state index in [2.05, 4.69) is 21.3 Å². The maximum atomic E-state index is 12.6. The normalized spacial score (nSPS) is 16.1. The zero-order valence-corrected chi connectivity index (χ0v) is 14.9. The van der Waals surface area contributed by atoms with Crippen molar-refractivity contribution in [1.82, 2.24) is 0 Å². The average Bonchev–Trinajstić information content (AvgIpc) is 3.54. The second kappa shape index (κ2) is 7.75. The molecule has 0 radical (unpaired) electrons. The number of hydrogen-bond acceptors (Lipinski definition) is 2. The molecule has 2 fully saturated rings. The van der Waals surface area contributed by atoms with E-state index in [9.17, 15) is 17.6 Å². The van der Waals surface area contributed by atoms with Crippen LogP contribution >= 0.6 is 0 Å². The van der Waals surface area contributed by atoms with E-state index in [0.717, 1.165) is 36.8 Å². The van der Waals surface area contributed by atoms with Gasteiger partial charge in [0.15, 0.2) is 0 Å². The molecule has 6 heteroatoms. The fourth-order valence-corrected chi connectivity index (χ4v) is 3.23. The second-order valence-electron chi connectivity index (χ2n) is 7.06. The molecule has 2 aliphatic carbocycles. The first-order chi connectivity index (χ1) is 13.5. The SMILES string of the molecule is FC(F)Oc1ccc(C#Cc2ccc(OC(F)F)c(C3CC3)c2)cc1C1CC1. The third-order valence-electron chi connectivity index (χ3n) is 4.84. The molecule has 0 spiro atoms. The molecule has 2 saturated carbocycles. The van der Waals surface area contributed by atoms with Crippen molar-refractivity contribution in [2.24, 2.45) is 0 Å². The number of benzene rings is 2. The lowest BCUT2D eigenvalue weighted by molar-refractivity contribution is -0.0511. The van der Waals surface area contributed by atoms with Gasteiger partial charge in [0, 0.05) is 11.1 Å². The number of rotatable bonds is 6. The molecule has 2 nitrogen and oxygen atoms in total. The lowest BCUT2D eigenvalue weighted by Crippen LogP contribution is -2.04. The highest BCUT2D eigenvalue weighted by atomic mass is 19.3. The molecule has 0 unspecified atom stereocenters. The van der Waals surface area contributed by atoms with Gasteiger partial charge in [0.2, 0.25) is 0 Å². The minimum Gasteiger partial charge on any atom is -0.435 e. The van der Waals surface area contributed by atoms with Gasteiger partial charge in [-0.2, -0.15) is 17.6 Å². The van der Waals surface area contributed by atoms with Gasteiger partial charge in [0.1, 0.15) is 11.5 Å². The van der Waals surface area contributed by atoms with Crippen molar-refractivity contribution >= 4 is 0 Å². The summed E-state index contributed by atoms with van der Waals surface area (Å²) in [5.41, 5.74) is 2.91. The smallest absolute Gasteiger partial charge is 0.387 e. The third kappa shape index (κ3) is 4.59. The summed E-state index contributed by atoms with van der Waals surface area (Å²) >= 11 is 0. The number of halogens is 4. The van der Waals surface area contributed by atoms with Crippen LogP contribution in [0.1, 0.15) is 59.8 Å². The van der Waals surface area contributed by atoms with Gasteiger partial charge >= 0.3 is 13.2 Å². The molecule has 2 aromatic rings. The summed E-state index contributed by atoms with van der Waals surface area (Å²) < 4.78 is 59.5. The van der Waals surface area contributed by atoms with Gasteiger partial charge in [0.05, 0.1) is 0 Å². The van der Waals surface area contributed by atoms with Gasteiger partial charge in [-0.25, -0.2) is 0 Å². The predicted molar refractivity (Wildman–Crippen MR) is 96.1 cm³/mol. The quantitative estimate of drug-likeness (QED) is 0.442. The first-order valence-electron chi connectivity index (χ1n) is 9.19. The molecule has 0 aliphatic heterocycles.